The number of rotatable bonds is 0. The molecule has 0 N–H and O–H groups in total. The average molecular weight is 337 g/mol. The second-order valence-electron chi connectivity index (χ2n) is 7.49. The van der Waals surface area contributed by atoms with Crippen LogP contribution in [0.1, 0.15) is 80.0 Å². The summed E-state index contributed by atoms with van der Waals surface area (Å²) in [4.78, 5) is 0. The molecule has 0 aliphatic heterocycles. The number of benzene rings is 2. The third-order valence-corrected chi connectivity index (χ3v) is 6.52. The Bertz CT molecular complexity index is 865. The fraction of sp³-hybridized carbons (Fsp3) is 0.429. The smallest absolute Gasteiger partial charge is 0.108 e. The molecule has 2 nitrogen and oxygen atoms in total. The normalized spacial score (nSPS) is 27.0. The van der Waals surface area contributed by atoms with Crippen molar-refractivity contribution in [3.05, 3.63) is 58.7 Å². The lowest BCUT2D eigenvalue weighted by molar-refractivity contribution is 0.595. The molecule has 4 atom stereocenters. The number of hydrogen-bond acceptors (Lipinski definition) is 3. The lowest BCUT2D eigenvalue weighted by Crippen LogP contribution is -2.06. The molecular weight excluding hydrogens is 312 g/mol. The van der Waals surface area contributed by atoms with Crippen LogP contribution in [0.3, 0.4) is 0 Å². The van der Waals surface area contributed by atoms with E-state index in [0.29, 0.717) is 23.7 Å². The van der Waals surface area contributed by atoms with Gasteiger partial charge in [0.15, 0.2) is 0 Å². The molecule has 24 heavy (non-hydrogen) atoms. The van der Waals surface area contributed by atoms with Crippen LogP contribution >= 0.6 is 11.7 Å². The zero-order valence-corrected chi connectivity index (χ0v) is 15.6. The maximum atomic E-state index is 4.66. The minimum absolute atomic E-state index is 0.421. The van der Waals surface area contributed by atoms with E-state index in [0.717, 1.165) is 17.5 Å². The Hall–Kier alpha value is -1.74. The summed E-state index contributed by atoms with van der Waals surface area (Å²) >= 11 is 1.35. The number of hydrogen-bond donors (Lipinski definition) is 0. The van der Waals surface area contributed by atoms with Gasteiger partial charge in [0, 0.05) is 0 Å². The zero-order valence-electron chi connectivity index (χ0n) is 14.8. The number of nitrogens with zero attached hydrogens (tertiary/aromatic N) is 2. The van der Waals surface area contributed by atoms with E-state index < -0.39 is 0 Å². The minimum atomic E-state index is 0.421. The van der Waals surface area contributed by atoms with Crippen LogP contribution in [0.15, 0.2) is 36.4 Å². The predicted octanol–water partition coefficient (Wildman–Crippen LogP) is 6.21. The summed E-state index contributed by atoms with van der Waals surface area (Å²) < 4.78 is 9.32. The average Bonchev–Trinajstić information content (AvgIpc) is 3.08. The van der Waals surface area contributed by atoms with E-state index in [1.54, 1.807) is 0 Å². The first-order valence-electron chi connectivity index (χ1n) is 8.91. The van der Waals surface area contributed by atoms with E-state index in [-0.39, 0.29) is 0 Å². The Morgan fingerprint density at radius 2 is 1.29 bits per heavy atom. The number of aromatic nitrogens is 2. The zero-order chi connectivity index (χ0) is 16.8. The molecule has 4 aliphatic rings. The summed E-state index contributed by atoms with van der Waals surface area (Å²) in [6.07, 6.45) is 1.14. The first-order valence-corrected chi connectivity index (χ1v) is 9.64. The van der Waals surface area contributed by atoms with E-state index in [2.05, 4.69) is 72.8 Å². The maximum Gasteiger partial charge on any atom is 0.108 e. The van der Waals surface area contributed by atoms with Gasteiger partial charge in [-0.3, -0.25) is 0 Å². The van der Waals surface area contributed by atoms with Gasteiger partial charge in [0.05, 0.1) is 11.7 Å². The molecule has 4 bridgehead atoms. The minimum Gasteiger partial charge on any atom is -0.173 e. The van der Waals surface area contributed by atoms with Gasteiger partial charge >= 0.3 is 0 Å². The molecule has 124 valence electrons. The van der Waals surface area contributed by atoms with Crippen LogP contribution in [0.25, 0.3) is 11.0 Å². The van der Waals surface area contributed by atoms with E-state index in [1.165, 1.54) is 34.0 Å². The van der Waals surface area contributed by atoms with Crippen LogP contribution in [0, 0.1) is 0 Å². The summed E-state index contributed by atoms with van der Waals surface area (Å²) in [5, 5.41) is 0. The van der Waals surface area contributed by atoms with Crippen molar-refractivity contribution in [2.75, 3.05) is 0 Å². The maximum absolute atomic E-state index is 4.66. The molecule has 3 aromatic rings. The Labute approximate surface area is 148 Å². The van der Waals surface area contributed by atoms with Crippen LogP contribution in [0.5, 0.6) is 0 Å². The van der Waals surface area contributed by atoms with Gasteiger partial charge in [-0.05, 0) is 52.3 Å². The summed E-state index contributed by atoms with van der Waals surface area (Å²) in [5.41, 5.74) is 7.77. The molecule has 0 amide bonds. The second-order valence-corrected chi connectivity index (χ2v) is 8.02. The van der Waals surface area contributed by atoms with Crippen molar-refractivity contribution in [2.45, 2.75) is 57.8 Å². The Balaban J connectivity index is 1.95. The summed E-state index contributed by atoms with van der Waals surface area (Å²) in [7, 11) is 0. The van der Waals surface area contributed by atoms with Gasteiger partial charge in [-0.1, -0.05) is 64.1 Å². The third kappa shape index (κ3) is 2.46. The molecule has 0 fully saturated rings. The summed E-state index contributed by atoms with van der Waals surface area (Å²) in [6.45, 7) is 9.30. The predicted molar refractivity (Wildman–Crippen MR) is 102 cm³/mol. The Kier molecular flexibility index (Phi) is 3.92. The largest absolute Gasteiger partial charge is 0.173 e. The highest BCUT2D eigenvalue weighted by Gasteiger charge is 2.24. The van der Waals surface area contributed by atoms with Crippen LogP contribution in [-0.4, -0.2) is 8.75 Å². The van der Waals surface area contributed by atoms with Gasteiger partial charge in [-0.15, -0.1) is 0 Å². The lowest BCUT2D eigenvalue weighted by atomic mass is 9.82. The molecule has 0 radical (unpaired) electrons. The molecule has 2 aromatic carbocycles. The third-order valence-electron chi connectivity index (χ3n) is 5.99. The van der Waals surface area contributed by atoms with Gasteiger partial charge in [0.25, 0.3) is 0 Å². The molecule has 0 saturated heterocycles. The first-order chi connectivity index (χ1) is 11.6. The van der Waals surface area contributed by atoms with Crippen molar-refractivity contribution in [1.82, 2.24) is 8.75 Å². The van der Waals surface area contributed by atoms with Crippen molar-refractivity contribution in [3.8, 4) is 0 Å². The quantitative estimate of drug-likeness (QED) is 0.488. The SMILES string of the molecule is CC1CC(C)c2ccc(c3nsnc23)C(C)C(C)c2ccc1cc2. The molecule has 4 unspecified atom stereocenters. The van der Waals surface area contributed by atoms with Crippen molar-refractivity contribution in [2.24, 2.45) is 0 Å². The molecule has 4 aliphatic carbocycles. The standard InChI is InChI=1S/C21H24N2S/c1-12-11-13(2)18-9-10-19(21-20(18)22-24-23-21)15(4)14(3)17-7-5-16(12)6-8-17/h5-10,12-15H,11H2,1-4H3. The van der Waals surface area contributed by atoms with Crippen molar-refractivity contribution >= 4 is 22.8 Å². The van der Waals surface area contributed by atoms with Gasteiger partial charge < -0.3 is 0 Å². The first kappa shape index (κ1) is 15.8. The summed E-state index contributed by atoms with van der Waals surface area (Å²) in [6, 6.07) is 13.9. The van der Waals surface area contributed by atoms with Crippen LogP contribution in [0.2, 0.25) is 0 Å². The fourth-order valence-corrected chi connectivity index (χ4v) is 4.74. The van der Waals surface area contributed by atoms with Crippen LogP contribution in [0.4, 0.5) is 0 Å². The molecule has 7 rings (SSSR count). The topological polar surface area (TPSA) is 25.8 Å². The van der Waals surface area contributed by atoms with Gasteiger partial charge in [-0.25, -0.2) is 0 Å². The molecule has 1 aromatic heterocycles. The highest BCUT2D eigenvalue weighted by atomic mass is 32.1. The molecule has 1 heterocycles. The Morgan fingerprint density at radius 3 is 2.00 bits per heavy atom. The van der Waals surface area contributed by atoms with Gasteiger partial charge in [0.1, 0.15) is 11.0 Å². The van der Waals surface area contributed by atoms with Crippen LogP contribution < -0.4 is 0 Å². The van der Waals surface area contributed by atoms with Crippen molar-refractivity contribution < 1.29 is 0 Å². The van der Waals surface area contributed by atoms with Crippen molar-refractivity contribution in [1.29, 1.82) is 0 Å². The molecule has 0 spiro atoms. The van der Waals surface area contributed by atoms with E-state index in [9.17, 15) is 0 Å². The van der Waals surface area contributed by atoms with E-state index in [4.69, 9.17) is 0 Å². The van der Waals surface area contributed by atoms with E-state index in [1.807, 2.05) is 0 Å². The lowest BCUT2D eigenvalue weighted by Gasteiger charge is -2.22. The summed E-state index contributed by atoms with van der Waals surface area (Å²) in [5.74, 6) is 1.91. The second kappa shape index (κ2) is 5.96. The van der Waals surface area contributed by atoms with Gasteiger partial charge in [-0.2, -0.15) is 8.75 Å². The van der Waals surface area contributed by atoms with Crippen molar-refractivity contribution in [3.63, 3.8) is 0 Å². The van der Waals surface area contributed by atoms with Crippen LogP contribution in [-0.2, 0) is 0 Å². The monoisotopic (exact) mass is 336 g/mol. The molecule has 0 saturated carbocycles. The fourth-order valence-electron chi connectivity index (χ4n) is 4.15. The molecular formula is C21H24N2S. The highest BCUT2D eigenvalue weighted by Crippen LogP contribution is 2.40. The highest BCUT2D eigenvalue weighted by molar-refractivity contribution is 7.00. The van der Waals surface area contributed by atoms with E-state index >= 15 is 0 Å². The molecule has 3 heteroatoms. The Morgan fingerprint density at radius 1 is 0.708 bits per heavy atom. The van der Waals surface area contributed by atoms with Gasteiger partial charge in [0.2, 0.25) is 0 Å².